The summed E-state index contributed by atoms with van der Waals surface area (Å²) in [6.45, 7) is 1.77. The summed E-state index contributed by atoms with van der Waals surface area (Å²) in [5.41, 5.74) is 1.26. The van der Waals surface area contributed by atoms with Crippen molar-refractivity contribution in [2.24, 2.45) is 0 Å². The van der Waals surface area contributed by atoms with E-state index >= 15 is 0 Å². The number of hydrogen-bond donors (Lipinski definition) is 0. The maximum Gasteiger partial charge on any atom is 0.310 e. The van der Waals surface area contributed by atoms with Gasteiger partial charge in [0.2, 0.25) is 0 Å². The predicted octanol–water partition coefficient (Wildman–Crippen LogP) is 3.67. The number of benzene rings is 1. The highest BCUT2D eigenvalue weighted by atomic mass is 35.5. The van der Waals surface area contributed by atoms with Crippen LogP contribution in [-0.4, -0.2) is 13.1 Å². The van der Waals surface area contributed by atoms with E-state index < -0.39 is 0 Å². The van der Waals surface area contributed by atoms with Crippen LogP contribution >= 0.6 is 34.8 Å². The van der Waals surface area contributed by atoms with Crippen LogP contribution in [0.3, 0.4) is 0 Å². The minimum Gasteiger partial charge on any atom is -0.469 e. The standard InChI is InChI=1S/C10H9Cl3O2/c1-5-7(11)4-8(12)6(10(5)13)3-9(14)15-2/h4H,3H2,1-2H3. The van der Waals surface area contributed by atoms with Gasteiger partial charge in [-0.1, -0.05) is 34.8 Å². The monoisotopic (exact) mass is 266 g/mol. The third-order valence-electron chi connectivity index (χ3n) is 2.04. The molecule has 0 fully saturated rings. The Morgan fingerprint density at radius 1 is 1.33 bits per heavy atom. The van der Waals surface area contributed by atoms with Gasteiger partial charge < -0.3 is 4.74 Å². The Hall–Kier alpha value is -0.440. The van der Waals surface area contributed by atoms with Crippen LogP contribution in [0.25, 0.3) is 0 Å². The van der Waals surface area contributed by atoms with Gasteiger partial charge in [-0.15, -0.1) is 0 Å². The Morgan fingerprint density at radius 3 is 2.47 bits per heavy atom. The van der Waals surface area contributed by atoms with Gasteiger partial charge in [0.1, 0.15) is 0 Å². The maximum absolute atomic E-state index is 11.1. The quantitative estimate of drug-likeness (QED) is 0.764. The van der Waals surface area contributed by atoms with Gasteiger partial charge in [0.25, 0.3) is 0 Å². The van der Waals surface area contributed by atoms with Crippen molar-refractivity contribution in [2.45, 2.75) is 13.3 Å². The normalized spacial score (nSPS) is 10.2. The van der Waals surface area contributed by atoms with E-state index in [0.717, 1.165) is 0 Å². The summed E-state index contributed by atoms with van der Waals surface area (Å²) in [5, 5.41) is 1.28. The first-order valence-electron chi connectivity index (χ1n) is 4.17. The topological polar surface area (TPSA) is 26.3 Å². The summed E-state index contributed by atoms with van der Waals surface area (Å²) in [6.07, 6.45) is 0.0478. The third-order valence-corrected chi connectivity index (χ3v) is 3.28. The molecule has 0 N–H and O–H groups in total. The zero-order chi connectivity index (χ0) is 11.6. The van der Waals surface area contributed by atoms with Gasteiger partial charge >= 0.3 is 5.97 Å². The average Bonchev–Trinajstić information content (AvgIpc) is 2.21. The van der Waals surface area contributed by atoms with Gasteiger partial charge in [-0.3, -0.25) is 4.79 Å². The molecule has 1 aromatic rings. The molecule has 2 nitrogen and oxygen atoms in total. The molecule has 0 heterocycles. The van der Waals surface area contributed by atoms with Crippen molar-refractivity contribution in [3.8, 4) is 0 Å². The first-order valence-corrected chi connectivity index (χ1v) is 5.30. The van der Waals surface area contributed by atoms with E-state index in [0.29, 0.717) is 26.2 Å². The zero-order valence-corrected chi connectivity index (χ0v) is 10.5. The van der Waals surface area contributed by atoms with Crippen LogP contribution in [0.4, 0.5) is 0 Å². The van der Waals surface area contributed by atoms with Gasteiger partial charge in [0, 0.05) is 15.6 Å². The molecule has 0 spiro atoms. The molecule has 0 atom stereocenters. The molecule has 5 heteroatoms. The number of ether oxygens (including phenoxy) is 1. The molecule has 0 unspecified atom stereocenters. The molecule has 0 amide bonds. The number of methoxy groups -OCH3 is 1. The van der Waals surface area contributed by atoms with Crippen molar-refractivity contribution in [3.05, 3.63) is 32.3 Å². The second-order valence-corrected chi connectivity index (χ2v) is 4.20. The molecule has 0 radical (unpaired) electrons. The number of hydrogen-bond acceptors (Lipinski definition) is 2. The minimum absolute atomic E-state index is 0.0478. The van der Waals surface area contributed by atoms with Crippen LogP contribution < -0.4 is 0 Å². The second-order valence-electron chi connectivity index (χ2n) is 3.01. The Bertz CT molecular complexity index is 402. The van der Waals surface area contributed by atoms with Gasteiger partial charge in [-0.2, -0.15) is 0 Å². The fourth-order valence-corrected chi connectivity index (χ4v) is 2.02. The second kappa shape index (κ2) is 5.06. The summed E-state index contributed by atoms with van der Waals surface area (Å²) >= 11 is 17.8. The first-order chi connectivity index (χ1) is 6.97. The van der Waals surface area contributed by atoms with Crippen molar-refractivity contribution in [1.82, 2.24) is 0 Å². The minimum atomic E-state index is -0.388. The molecular weight excluding hydrogens is 258 g/mol. The average molecular weight is 268 g/mol. The number of esters is 1. The van der Waals surface area contributed by atoms with Crippen LogP contribution in [-0.2, 0) is 16.0 Å². The lowest BCUT2D eigenvalue weighted by atomic mass is 10.1. The lowest BCUT2D eigenvalue weighted by molar-refractivity contribution is -0.139. The molecule has 0 aliphatic carbocycles. The van der Waals surface area contributed by atoms with Crippen LogP contribution in [0.15, 0.2) is 6.07 Å². The van der Waals surface area contributed by atoms with Crippen molar-refractivity contribution in [3.63, 3.8) is 0 Å². The molecule has 82 valence electrons. The Balaban J connectivity index is 3.18. The summed E-state index contributed by atoms with van der Waals surface area (Å²) in [4.78, 5) is 11.1. The van der Waals surface area contributed by atoms with Crippen molar-refractivity contribution in [1.29, 1.82) is 0 Å². The molecule has 1 aromatic carbocycles. The van der Waals surface area contributed by atoms with E-state index in [1.54, 1.807) is 13.0 Å². The smallest absolute Gasteiger partial charge is 0.310 e. The van der Waals surface area contributed by atoms with Gasteiger partial charge in [0.05, 0.1) is 18.6 Å². The van der Waals surface area contributed by atoms with Crippen LogP contribution in [0.2, 0.25) is 15.1 Å². The van der Waals surface area contributed by atoms with Crippen molar-refractivity contribution >= 4 is 40.8 Å². The van der Waals surface area contributed by atoms with E-state index in [1.165, 1.54) is 7.11 Å². The summed E-state index contributed by atoms with van der Waals surface area (Å²) in [7, 11) is 1.31. The van der Waals surface area contributed by atoms with E-state index in [1.807, 2.05) is 0 Å². The molecule has 0 bridgehead atoms. The lowest BCUT2D eigenvalue weighted by Crippen LogP contribution is -2.06. The van der Waals surface area contributed by atoms with Crippen LogP contribution in [0.1, 0.15) is 11.1 Å². The molecular formula is C10H9Cl3O2. The van der Waals surface area contributed by atoms with Gasteiger partial charge in [0.15, 0.2) is 0 Å². The molecule has 1 rings (SSSR count). The highest BCUT2D eigenvalue weighted by molar-refractivity contribution is 6.40. The van der Waals surface area contributed by atoms with Crippen LogP contribution in [0.5, 0.6) is 0 Å². The summed E-state index contributed by atoms with van der Waals surface area (Å²) in [6, 6.07) is 1.57. The van der Waals surface area contributed by atoms with Gasteiger partial charge in [-0.25, -0.2) is 0 Å². The molecule has 0 saturated heterocycles. The number of carbonyl (C=O) groups is 1. The molecule has 0 aliphatic rings. The van der Waals surface area contributed by atoms with E-state index in [4.69, 9.17) is 34.8 Å². The highest BCUT2D eigenvalue weighted by Gasteiger charge is 2.15. The summed E-state index contributed by atoms with van der Waals surface area (Å²) in [5.74, 6) is -0.388. The van der Waals surface area contributed by atoms with Crippen LogP contribution in [0, 0.1) is 6.92 Å². The molecule has 0 aromatic heterocycles. The van der Waals surface area contributed by atoms with E-state index in [-0.39, 0.29) is 12.4 Å². The lowest BCUT2D eigenvalue weighted by Gasteiger charge is -2.09. The van der Waals surface area contributed by atoms with E-state index in [2.05, 4.69) is 4.74 Å². The Kier molecular flexibility index (Phi) is 4.26. The Morgan fingerprint density at radius 2 is 1.93 bits per heavy atom. The molecule has 0 saturated carbocycles. The number of carbonyl (C=O) groups excluding carboxylic acids is 1. The Labute approximate surface area is 103 Å². The largest absolute Gasteiger partial charge is 0.469 e. The molecule has 0 aliphatic heterocycles. The summed E-state index contributed by atoms with van der Waals surface area (Å²) < 4.78 is 4.55. The fraction of sp³-hybridized carbons (Fsp3) is 0.300. The third kappa shape index (κ3) is 2.77. The number of rotatable bonds is 2. The van der Waals surface area contributed by atoms with Crippen molar-refractivity contribution < 1.29 is 9.53 Å². The van der Waals surface area contributed by atoms with Gasteiger partial charge in [-0.05, 0) is 18.6 Å². The number of halogens is 3. The maximum atomic E-state index is 11.1. The zero-order valence-electron chi connectivity index (χ0n) is 8.23. The highest BCUT2D eigenvalue weighted by Crippen LogP contribution is 2.33. The first kappa shape index (κ1) is 12.6. The SMILES string of the molecule is COC(=O)Cc1c(Cl)cc(Cl)c(C)c1Cl. The van der Waals surface area contributed by atoms with Crippen molar-refractivity contribution in [2.75, 3.05) is 7.11 Å². The fourth-order valence-electron chi connectivity index (χ4n) is 1.12. The molecule has 15 heavy (non-hydrogen) atoms. The predicted molar refractivity (Wildman–Crippen MR) is 61.9 cm³/mol. The van der Waals surface area contributed by atoms with E-state index in [9.17, 15) is 4.79 Å².